The van der Waals surface area contributed by atoms with Crippen molar-refractivity contribution in [3.05, 3.63) is 29.8 Å². The largest absolute Gasteiger partial charge is 0.508 e. The van der Waals surface area contributed by atoms with Crippen molar-refractivity contribution in [3.8, 4) is 5.75 Å². The van der Waals surface area contributed by atoms with Crippen LogP contribution in [0.3, 0.4) is 0 Å². The Morgan fingerprint density at radius 1 is 1.24 bits per heavy atom. The molecular formula is C15H22N2O4. The van der Waals surface area contributed by atoms with E-state index in [0.717, 1.165) is 12.0 Å². The van der Waals surface area contributed by atoms with Gasteiger partial charge in [-0.3, -0.25) is 0 Å². The summed E-state index contributed by atoms with van der Waals surface area (Å²) in [6, 6.07) is 4.68. The van der Waals surface area contributed by atoms with E-state index in [4.69, 9.17) is 0 Å². The molecule has 6 heteroatoms. The summed E-state index contributed by atoms with van der Waals surface area (Å²) in [7, 11) is 0. The van der Waals surface area contributed by atoms with E-state index in [-0.39, 0.29) is 12.2 Å². The van der Waals surface area contributed by atoms with Crippen LogP contribution >= 0.6 is 0 Å². The van der Waals surface area contributed by atoms with Gasteiger partial charge in [0.1, 0.15) is 11.8 Å². The minimum atomic E-state index is -1.10. The lowest BCUT2D eigenvalue weighted by Crippen LogP contribution is -2.53. The molecule has 0 saturated heterocycles. The molecule has 0 aliphatic heterocycles. The van der Waals surface area contributed by atoms with Crippen molar-refractivity contribution >= 4 is 12.0 Å². The monoisotopic (exact) mass is 294 g/mol. The molecule has 2 amide bonds. The van der Waals surface area contributed by atoms with Crippen molar-refractivity contribution < 1.29 is 19.8 Å². The second kappa shape index (κ2) is 6.97. The number of urea groups is 1. The molecule has 6 nitrogen and oxygen atoms in total. The van der Waals surface area contributed by atoms with Gasteiger partial charge in [0.15, 0.2) is 0 Å². The highest BCUT2D eigenvalue weighted by molar-refractivity contribution is 5.83. The van der Waals surface area contributed by atoms with Crippen LogP contribution < -0.4 is 10.6 Å². The summed E-state index contributed by atoms with van der Waals surface area (Å²) >= 11 is 0. The summed E-state index contributed by atoms with van der Waals surface area (Å²) in [4.78, 5) is 23.1. The van der Waals surface area contributed by atoms with Crippen LogP contribution in [0.2, 0.25) is 0 Å². The third kappa shape index (κ3) is 5.72. The molecule has 116 valence electrons. The number of rotatable bonds is 6. The summed E-state index contributed by atoms with van der Waals surface area (Å²) in [5.74, 6) is -0.992. The highest BCUT2D eigenvalue weighted by atomic mass is 16.4. The molecule has 0 aliphatic carbocycles. The summed E-state index contributed by atoms with van der Waals surface area (Å²) in [5, 5.41) is 23.6. The number of benzene rings is 1. The van der Waals surface area contributed by atoms with E-state index in [1.165, 1.54) is 12.1 Å². The standard InChI is InChI=1S/C15H22N2O4/c1-4-15(2,3)17-14(21)16-12(13(19)20)9-10-5-7-11(18)8-6-10/h5-8,12,18H,4,9H2,1-3H3,(H,19,20)(H2,16,17,21)/t12-/m1/s1. The van der Waals surface area contributed by atoms with Crippen LogP contribution in [0.1, 0.15) is 32.8 Å². The van der Waals surface area contributed by atoms with E-state index in [9.17, 15) is 19.8 Å². The maximum absolute atomic E-state index is 11.9. The van der Waals surface area contributed by atoms with Gasteiger partial charge < -0.3 is 20.8 Å². The number of hydrogen-bond acceptors (Lipinski definition) is 3. The molecule has 1 aromatic carbocycles. The van der Waals surface area contributed by atoms with E-state index in [0.29, 0.717) is 0 Å². The maximum Gasteiger partial charge on any atom is 0.326 e. The van der Waals surface area contributed by atoms with E-state index < -0.39 is 23.6 Å². The SMILES string of the molecule is CCC(C)(C)NC(=O)N[C@H](Cc1ccc(O)cc1)C(=O)O. The highest BCUT2D eigenvalue weighted by Gasteiger charge is 2.23. The molecule has 0 bridgehead atoms. The van der Waals surface area contributed by atoms with Gasteiger partial charge in [0.2, 0.25) is 0 Å². The highest BCUT2D eigenvalue weighted by Crippen LogP contribution is 2.12. The van der Waals surface area contributed by atoms with Crippen LogP contribution in [-0.4, -0.2) is 33.8 Å². The van der Waals surface area contributed by atoms with Crippen molar-refractivity contribution in [2.24, 2.45) is 0 Å². The summed E-state index contributed by atoms with van der Waals surface area (Å²) in [6.45, 7) is 5.66. The Labute approximate surface area is 124 Å². The first-order valence-corrected chi connectivity index (χ1v) is 6.83. The molecule has 1 rings (SSSR count). The van der Waals surface area contributed by atoms with Crippen molar-refractivity contribution in [1.29, 1.82) is 0 Å². The van der Waals surface area contributed by atoms with Gasteiger partial charge in [-0.25, -0.2) is 9.59 Å². The van der Waals surface area contributed by atoms with E-state index >= 15 is 0 Å². The van der Waals surface area contributed by atoms with Crippen LogP contribution in [0.15, 0.2) is 24.3 Å². The normalized spacial score (nSPS) is 12.5. The molecule has 1 aromatic rings. The number of aromatic hydroxyl groups is 1. The smallest absolute Gasteiger partial charge is 0.326 e. The number of phenols is 1. The van der Waals surface area contributed by atoms with Crippen LogP contribution in [0, 0.1) is 0 Å². The first kappa shape index (κ1) is 16.8. The van der Waals surface area contributed by atoms with Gasteiger partial charge in [0.05, 0.1) is 0 Å². The second-order valence-corrected chi connectivity index (χ2v) is 5.60. The lowest BCUT2D eigenvalue weighted by Gasteiger charge is -2.26. The summed E-state index contributed by atoms with van der Waals surface area (Å²) < 4.78 is 0. The van der Waals surface area contributed by atoms with E-state index in [1.54, 1.807) is 12.1 Å². The number of amides is 2. The number of phenolic OH excluding ortho intramolecular Hbond substituents is 1. The fourth-order valence-electron chi connectivity index (χ4n) is 1.66. The minimum absolute atomic E-state index is 0.112. The quantitative estimate of drug-likeness (QED) is 0.643. The van der Waals surface area contributed by atoms with E-state index in [1.807, 2.05) is 20.8 Å². The Hall–Kier alpha value is -2.24. The third-order valence-corrected chi connectivity index (χ3v) is 3.32. The molecule has 0 spiro atoms. The van der Waals surface area contributed by atoms with Crippen LogP contribution in [-0.2, 0) is 11.2 Å². The summed E-state index contributed by atoms with van der Waals surface area (Å²) in [6.07, 6.45) is 0.881. The molecule has 4 N–H and O–H groups in total. The number of aliphatic carboxylic acids is 1. The molecule has 21 heavy (non-hydrogen) atoms. The number of carbonyl (C=O) groups is 2. The zero-order chi connectivity index (χ0) is 16.0. The Bertz CT molecular complexity index is 497. The molecule has 0 fully saturated rings. The molecule has 0 unspecified atom stereocenters. The van der Waals surface area contributed by atoms with Gasteiger partial charge in [-0.05, 0) is 38.0 Å². The minimum Gasteiger partial charge on any atom is -0.508 e. The second-order valence-electron chi connectivity index (χ2n) is 5.60. The molecule has 0 aliphatic rings. The number of hydrogen-bond donors (Lipinski definition) is 4. The van der Waals surface area contributed by atoms with Crippen LogP contribution in [0.5, 0.6) is 5.75 Å². The lowest BCUT2D eigenvalue weighted by atomic mass is 10.0. The summed E-state index contributed by atoms with van der Waals surface area (Å²) in [5.41, 5.74) is 0.321. The van der Waals surface area contributed by atoms with Gasteiger partial charge in [0.25, 0.3) is 0 Å². The van der Waals surface area contributed by atoms with Gasteiger partial charge in [-0.2, -0.15) is 0 Å². The molecule has 1 atom stereocenters. The van der Waals surface area contributed by atoms with Gasteiger partial charge in [0, 0.05) is 12.0 Å². The molecule has 0 heterocycles. The molecular weight excluding hydrogens is 272 g/mol. The Morgan fingerprint density at radius 3 is 2.29 bits per heavy atom. The zero-order valence-electron chi connectivity index (χ0n) is 12.5. The lowest BCUT2D eigenvalue weighted by molar-refractivity contribution is -0.139. The molecule has 0 aromatic heterocycles. The van der Waals surface area contributed by atoms with Gasteiger partial charge in [-0.15, -0.1) is 0 Å². The zero-order valence-corrected chi connectivity index (χ0v) is 12.5. The van der Waals surface area contributed by atoms with Crippen molar-refractivity contribution in [3.63, 3.8) is 0 Å². The Kier molecular flexibility index (Phi) is 5.58. The van der Waals surface area contributed by atoms with Gasteiger partial charge >= 0.3 is 12.0 Å². The first-order valence-electron chi connectivity index (χ1n) is 6.83. The molecule has 0 saturated carbocycles. The Balaban J connectivity index is 2.68. The number of nitrogens with one attached hydrogen (secondary N) is 2. The Morgan fingerprint density at radius 2 is 1.81 bits per heavy atom. The number of carbonyl (C=O) groups excluding carboxylic acids is 1. The fraction of sp³-hybridized carbons (Fsp3) is 0.467. The predicted molar refractivity (Wildman–Crippen MR) is 79.3 cm³/mol. The topological polar surface area (TPSA) is 98.7 Å². The first-order chi connectivity index (χ1) is 9.73. The number of carboxylic acids is 1. The van der Waals surface area contributed by atoms with Crippen LogP contribution in [0.25, 0.3) is 0 Å². The van der Waals surface area contributed by atoms with Crippen molar-refractivity contribution in [2.45, 2.75) is 45.2 Å². The van der Waals surface area contributed by atoms with Crippen molar-refractivity contribution in [2.75, 3.05) is 0 Å². The predicted octanol–water partition coefficient (Wildman–Crippen LogP) is 1.88. The van der Waals surface area contributed by atoms with E-state index in [2.05, 4.69) is 10.6 Å². The number of carboxylic acid groups (broad SMARTS) is 1. The average Bonchev–Trinajstić information content (AvgIpc) is 2.39. The van der Waals surface area contributed by atoms with Crippen molar-refractivity contribution in [1.82, 2.24) is 10.6 Å². The third-order valence-electron chi connectivity index (χ3n) is 3.32. The maximum atomic E-state index is 11.9. The van der Waals surface area contributed by atoms with Crippen LogP contribution in [0.4, 0.5) is 4.79 Å². The fourth-order valence-corrected chi connectivity index (χ4v) is 1.66. The van der Waals surface area contributed by atoms with Gasteiger partial charge in [-0.1, -0.05) is 19.1 Å². The molecule has 0 radical (unpaired) electrons. The average molecular weight is 294 g/mol.